The Kier molecular flexibility index (Phi) is 7.95. The minimum Gasteiger partial charge on any atom is -0.490 e. The average molecular weight is 392 g/mol. The van der Waals surface area contributed by atoms with Crippen LogP contribution in [0.4, 0.5) is 0 Å². The molecule has 0 bridgehead atoms. The van der Waals surface area contributed by atoms with Crippen LogP contribution < -0.4 is 14.8 Å². The number of hydrogen-bond acceptors (Lipinski definition) is 4. The van der Waals surface area contributed by atoms with Crippen LogP contribution in [0.2, 0.25) is 5.02 Å². The number of para-hydroxylation sites is 1. The van der Waals surface area contributed by atoms with Crippen molar-refractivity contribution in [1.82, 2.24) is 5.32 Å². The topological polar surface area (TPSA) is 84.9 Å². The molecule has 0 heterocycles. The fourth-order valence-corrected chi connectivity index (χ4v) is 2.55. The molecule has 2 aromatic rings. The normalized spacial score (nSPS) is 10.3. The maximum atomic E-state index is 11.7. The van der Waals surface area contributed by atoms with E-state index >= 15 is 0 Å². The largest absolute Gasteiger partial charge is 0.490 e. The third kappa shape index (κ3) is 7.19. The smallest absolute Gasteiger partial charge is 0.303 e. The number of carboxylic acid groups (broad SMARTS) is 1. The number of rotatable bonds is 10. The highest BCUT2D eigenvalue weighted by molar-refractivity contribution is 6.30. The summed E-state index contributed by atoms with van der Waals surface area (Å²) in [6, 6.07) is 12.9. The number of carbonyl (C=O) groups excluding carboxylic acids is 1. The number of benzene rings is 2. The van der Waals surface area contributed by atoms with Crippen LogP contribution in [0.3, 0.4) is 0 Å². The van der Waals surface area contributed by atoms with Gasteiger partial charge < -0.3 is 19.9 Å². The van der Waals surface area contributed by atoms with Crippen molar-refractivity contribution in [1.29, 1.82) is 0 Å². The van der Waals surface area contributed by atoms with Gasteiger partial charge in [-0.3, -0.25) is 9.59 Å². The first kappa shape index (κ1) is 20.6. The van der Waals surface area contributed by atoms with Crippen LogP contribution in [-0.2, 0) is 16.1 Å². The standard InChI is InChI=1S/C20H22ClNO5/c1-14-4-2-3-5-17(14)26-10-11-27-18-7-6-16(21)12-15(18)13-22-19(23)8-9-20(24)25/h2-7,12H,8-11,13H2,1H3,(H,22,23)(H,24,25). The van der Waals surface area contributed by atoms with Gasteiger partial charge in [-0.25, -0.2) is 0 Å². The van der Waals surface area contributed by atoms with E-state index in [9.17, 15) is 9.59 Å². The van der Waals surface area contributed by atoms with Crippen molar-refractivity contribution in [2.45, 2.75) is 26.3 Å². The highest BCUT2D eigenvalue weighted by Gasteiger charge is 2.09. The van der Waals surface area contributed by atoms with Gasteiger partial charge in [-0.15, -0.1) is 0 Å². The minimum atomic E-state index is -1.01. The molecule has 0 radical (unpaired) electrons. The predicted octanol–water partition coefficient (Wildman–Crippen LogP) is 3.59. The van der Waals surface area contributed by atoms with E-state index in [1.165, 1.54) is 0 Å². The van der Waals surface area contributed by atoms with Crippen LogP contribution in [0.1, 0.15) is 24.0 Å². The van der Waals surface area contributed by atoms with Gasteiger partial charge in [0.25, 0.3) is 0 Å². The van der Waals surface area contributed by atoms with Crippen LogP contribution in [0.25, 0.3) is 0 Å². The first-order chi connectivity index (χ1) is 13.0. The van der Waals surface area contributed by atoms with Gasteiger partial charge in [0.2, 0.25) is 5.91 Å². The zero-order valence-corrected chi connectivity index (χ0v) is 15.8. The molecule has 0 aromatic heterocycles. The third-order valence-electron chi connectivity index (χ3n) is 3.76. The molecule has 0 atom stereocenters. The summed E-state index contributed by atoms with van der Waals surface area (Å²) in [6.07, 6.45) is -0.280. The zero-order valence-electron chi connectivity index (χ0n) is 15.0. The Morgan fingerprint density at radius 2 is 1.74 bits per heavy atom. The fraction of sp³-hybridized carbons (Fsp3) is 0.300. The fourth-order valence-electron chi connectivity index (χ4n) is 2.35. The van der Waals surface area contributed by atoms with Crippen LogP contribution >= 0.6 is 11.6 Å². The van der Waals surface area contributed by atoms with E-state index in [4.69, 9.17) is 26.2 Å². The Labute approximate surface area is 163 Å². The molecule has 0 saturated heterocycles. The molecule has 0 saturated carbocycles. The lowest BCUT2D eigenvalue weighted by molar-refractivity contribution is -0.138. The summed E-state index contributed by atoms with van der Waals surface area (Å²) in [5, 5.41) is 11.8. The first-order valence-electron chi connectivity index (χ1n) is 8.54. The molecule has 0 spiro atoms. The van der Waals surface area contributed by atoms with Gasteiger partial charge in [0.15, 0.2) is 0 Å². The molecule has 2 aromatic carbocycles. The Balaban J connectivity index is 1.86. The van der Waals surface area contributed by atoms with Crippen molar-refractivity contribution in [3.8, 4) is 11.5 Å². The van der Waals surface area contributed by atoms with Crippen molar-refractivity contribution in [2.24, 2.45) is 0 Å². The molecule has 2 rings (SSSR count). The number of carboxylic acids is 1. The highest BCUT2D eigenvalue weighted by Crippen LogP contribution is 2.23. The van der Waals surface area contributed by atoms with E-state index < -0.39 is 5.97 Å². The van der Waals surface area contributed by atoms with E-state index in [1.807, 2.05) is 31.2 Å². The molecule has 0 aliphatic rings. The van der Waals surface area contributed by atoms with Crippen molar-refractivity contribution in [2.75, 3.05) is 13.2 Å². The summed E-state index contributed by atoms with van der Waals surface area (Å²) >= 11 is 6.02. The summed E-state index contributed by atoms with van der Waals surface area (Å²) in [7, 11) is 0. The summed E-state index contributed by atoms with van der Waals surface area (Å²) in [5.41, 5.74) is 1.76. The Bertz CT molecular complexity index is 794. The van der Waals surface area contributed by atoms with E-state index in [2.05, 4.69) is 5.32 Å². The number of aryl methyl sites for hydroxylation is 1. The van der Waals surface area contributed by atoms with Crippen LogP contribution in [0, 0.1) is 6.92 Å². The van der Waals surface area contributed by atoms with Gasteiger partial charge in [0.1, 0.15) is 24.7 Å². The van der Waals surface area contributed by atoms with Gasteiger partial charge in [-0.05, 0) is 36.8 Å². The van der Waals surface area contributed by atoms with Crippen LogP contribution in [-0.4, -0.2) is 30.2 Å². The molecule has 0 fully saturated rings. The quantitative estimate of drug-likeness (QED) is 0.604. The molecule has 0 aliphatic carbocycles. The van der Waals surface area contributed by atoms with Crippen molar-refractivity contribution < 1.29 is 24.2 Å². The lowest BCUT2D eigenvalue weighted by Crippen LogP contribution is -2.23. The number of nitrogens with one attached hydrogen (secondary N) is 1. The molecular formula is C20H22ClNO5. The number of carbonyl (C=O) groups is 2. The molecule has 0 aliphatic heterocycles. The summed E-state index contributed by atoms with van der Waals surface area (Å²) in [5.74, 6) is 0.0474. The highest BCUT2D eigenvalue weighted by atomic mass is 35.5. The Morgan fingerprint density at radius 1 is 1.04 bits per heavy atom. The lowest BCUT2D eigenvalue weighted by Gasteiger charge is -2.14. The van der Waals surface area contributed by atoms with Crippen molar-refractivity contribution >= 4 is 23.5 Å². The number of hydrogen-bond donors (Lipinski definition) is 2. The summed E-state index contributed by atoms with van der Waals surface area (Å²) < 4.78 is 11.5. The van der Waals surface area contributed by atoms with Gasteiger partial charge in [0, 0.05) is 23.6 Å². The molecule has 27 heavy (non-hydrogen) atoms. The Hall–Kier alpha value is -2.73. The van der Waals surface area contributed by atoms with Crippen molar-refractivity contribution in [3.63, 3.8) is 0 Å². The van der Waals surface area contributed by atoms with Crippen LogP contribution in [0.5, 0.6) is 11.5 Å². The predicted molar refractivity (Wildman–Crippen MR) is 102 cm³/mol. The van der Waals surface area contributed by atoms with Gasteiger partial charge in [-0.1, -0.05) is 29.8 Å². The van der Waals surface area contributed by atoms with Crippen LogP contribution in [0.15, 0.2) is 42.5 Å². The second-order valence-electron chi connectivity index (χ2n) is 5.88. The molecule has 2 N–H and O–H groups in total. The van der Waals surface area contributed by atoms with E-state index in [-0.39, 0.29) is 25.3 Å². The summed E-state index contributed by atoms with van der Waals surface area (Å²) in [4.78, 5) is 22.2. The zero-order chi connectivity index (χ0) is 19.6. The number of ether oxygens (including phenoxy) is 2. The molecule has 1 amide bonds. The van der Waals surface area contributed by atoms with E-state index in [0.717, 1.165) is 11.3 Å². The molecule has 7 heteroatoms. The second kappa shape index (κ2) is 10.4. The molecule has 0 unspecified atom stereocenters. The average Bonchev–Trinajstić information content (AvgIpc) is 2.64. The molecular weight excluding hydrogens is 370 g/mol. The van der Waals surface area contributed by atoms with E-state index in [1.54, 1.807) is 18.2 Å². The van der Waals surface area contributed by atoms with Gasteiger partial charge in [-0.2, -0.15) is 0 Å². The third-order valence-corrected chi connectivity index (χ3v) is 3.99. The maximum Gasteiger partial charge on any atom is 0.303 e. The molecule has 144 valence electrons. The summed E-state index contributed by atoms with van der Waals surface area (Å²) in [6.45, 7) is 2.88. The van der Waals surface area contributed by atoms with Gasteiger partial charge in [0.05, 0.1) is 6.42 Å². The second-order valence-corrected chi connectivity index (χ2v) is 6.32. The van der Waals surface area contributed by atoms with Crippen molar-refractivity contribution in [3.05, 3.63) is 58.6 Å². The van der Waals surface area contributed by atoms with Gasteiger partial charge >= 0.3 is 5.97 Å². The minimum absolute atomic E-state index is 0.0731. The number of amides is 1. The molecule has 6 nitrogen and oxygen atoms in total. The monoisotopic (exact) mass is 391 g/mol. The SMILES string of the molecule is Cc1ccccc1OCCOc1ccc(Cl)cc1CNC(=O)CCC(=O)O. The first-order valence-corrected chi connectivity index (χ1v) is 8.91. The van der Waals surface area contributed by atoms with E-state index in [0.29, 0.717) is 29.5 Å². The number of aliphatic carboxylic acids is 1. The lowest BCUT2D eigenvalue weighted by atomic mass is 10.2. The maximum absolute atomic E-state index is 11.7. The Morgan fingerprint density at radius 3 is 2.44 bits per heavy atom. The number of halogens is 1.